The number of ketones is 1. The maximum Gasteiger partial charge on any atom is 0.447 e. The van der Waals surface area contributed by atoms with Gasteiger partial charge in [-0.1, -0.05) is 103 Å². The number of rotatable bonds is 16. The third-order valence-electron chi connectivity index (χ3n) is 9.93. The quantitative estimate of drug-likeness (QED) is 0.0198. The second-order valence-corrected chi connectivity index (χ2v) is 14.2. The number of hydroxylamine groups is 1. The minimum atomic E-state index is -2.82. The van der Waals surface area contributed by atoms with Gasteiger partial charge in [-0.2, -0.15) is 0 Å². The molecule has 0 radical (unpaired) electrons. The summed E-state index contributed by atoms with van der Waals surface area (Å²) < 4.78 is 11.9. The Labute approximate surface area is 312 Å². The molecular formula is C42H51N5O6. The van der Waals surface area contributed by atoms with Crippen LogP contribution in [0.5, 0.6) is 5.75 Å². The standard InChI is InChI=1S/C42H51N5O6/c1-9-35(53-36-25-24-29(40(4,5)10-2)27-32(36)41(6,7)11-3)38(49)44-31-21-17-18-28(26-31)37(48)42(52-8,39(50)45-30-19-13-12-14-20-30)47(51)46-34-23-16-15-22-33(34)43/h12-27,35H,9-11,43H2,1-8H3,(H,44,49)(H,45,50)/b47-46-. The van der Waals surface area contributed by atoms with Crippen molar-refractivity contribution in [3.63, 3.8) is 0 Å². The number of anilines is 3. The lowest BCUT2D eigenvalue weighted by Gasteiger charge is -2.31. The minimum Gasteiger partial charge on any atom is -0.596 e. The van der Waals surface area contributed by atoms with Gasteiger partial charge in [0.2, 0.25) is 0 Å². The van der Waals surface area contributed by atoms with Gasteiger partial charge in [0.25, 0.3) is 11.7 Å². The topological polar surface area (TPSA) is 158 Å². The van der Waals surface area contributed by atoms with Crippen LogP contribution in [0.15, 0.2) is 102 Å². The third-order valence-corrected chi connectivity index (χ3v) is 9.93. The summed E-state index contributed by atoms with van der Waals surface area (Å²) in [5, 5.41) is 23.3. The van der Waals surface area contributed by atoms with Crippen LogP contribution in [-0.2, 0) is 25.2 Å². The summed E-state index contributed by atoms with van der Waals surface area (Å²) in [4.78, 5) is 41.9. The number of nitrogens with one attached hydrogen (secondary N) is 2. The molecule has 11 heteroatoms. The molecule has 0 aliphatic heterocycles. The maximum absolute atomic E-state index is 14.3. The Kier molecular flexibility index (Phi) is 12.8. The minimum absolute atomic E-state index is 0.0319. The van der Waals surface area contributed by atoms with E-state index in [0.29, 0.717) is 17.9 Å². The van der Waals surface area contributed by atoms with Gasteiger partial charge in [-0.05, 0) is 83.0 Å². The number of amides is 2. The van der Waals surface area contributed by atoms with Gasteiger partial charge in [-0.15, -0.1) is 0 Å². The van der Waals surface area contributed by atoms with Crippen molar-refractivity contribution in [2.45, 2.75) is 90.4 Å². The number of nitrogens with zero attached hydrogens (tertiary/aromatic N) is 2. The third kappa shape index (κ3) is 8.92. The van der Waals surface area contributed by atoms with E-state index in [1.807, 2.05) is 13.0 Å². The average molecular weight is 722 g/mol. The first kappa shape index (κ1) is 40.2. The van der Waals surface area contributed by atoms with Crippen molar-refractivity contribution >= 4 is 40.3 Å². The smallest absolute Gasteiger partial charge is 0.447 e. The molecule has 4 rings (SSSR count). The number of Topliss-reactive ketones (excluding diaryl/α,β-unsaturated/α-hetero) is 1. The van der Waals surface area contributed by atoms with Crippen LogP contribution >= 0.6 is 0 Å². The van der Waals surface area contributed by atoms with Gasteiger partial charge in [-0.3, -0.25) is 14.4 Å². The lowest BCUT2D eigenvalue weighted by atomic mass is 9.76. The number of benzene rings is 4. The maximum atomic E-state index is 14.3. The van der Waals surface area contributed by atoms with Gasteiger partial charge in [-0.25, -0.2) is 0 Å². The SMILES string of the molecule is CCC(Oc1ccc(C(C)(C)CC)cc1C(C)(C)CC)C(=O)Nc1cccc(C(=O)C(OC)(C(=O)Nc2ccccc2)/[N+]([O-])=N/c2ccccc2N)c1. The summed E-state index contributed by atoms with van der Waals surface area (Å²) in [5.41, 5.74) is 5.82. The van der Waals surface area contributed by atoms with Gasteiger partial charge in [0.15, 0.2) is 11.8 Å². The van der Waals surface area contributed by atoms with Gasteiger partial charge in [0.05, 0.1) is 5.69 Å². The normalized spacial score (nSPS) is 13.8. The predicted molar refractivity (Wildman–Crippen MR) is 209 cm³/mol. The van der Waals surface area contributed by atoms with E-state index in [-0.39, 0.29) is 38.3 Å². The van der Waals surface area contributed by atoms with Gasteiger partial charge >= 0.3 is 11.6 Å². The fraction of sp³-hybridized carbons (Fsp3) is 0.357. The van der Waals surface area contributed by atoms with Gasteiger partial charge in [0.1, 0.15) is 5.75 Å². The molecule has 4 aromatic carbocycles. The van der Waals surface area contributed by atoms with Crippen molar-refractivity contribution in [3.05, 3.63) is 119 Å². The van der Waals surface area contributed by atoms with Crippen molar-refractivity contribution in [1.82, 2.24) is 0 Å². The molecule has 53 heavy (non-hydrogen) atoms. The molecule has 280 valence electrons. The molecule has 0 bridgehead atoms. The van der Waals surface area contributed by atoms with Gasteiger partial charge in [0, 0.05) is 34.7 Å². The Bertz CT molecular complexity index is 1960. The highest BCUT2D eigenvalue weighted by Gasteiger charge is 2.58. The molecule has 2 unspecified atom stereocenters. The number of ether oxygens (including phenoxy) is 2. The number of azo groups is 1. The fourth-order valence-electron chi connectivity index (χ4n) is 5.63. The first-order valence-electron chi connectivity index (χ1n) is 17.9. The Hall–Kier alpha value is -5.55. The van der Waals surface area contributed by atoms with Crippen LogP contribution in [0.4, 0.5) is 22.7 Å². The number of carbonyl (C=O) groups excluding carboxylic acids is 3. The van der Waals surface area contributed by atoms with E-state index in [1.54, 1.807) is 48.5 Å². The molecule has 0 fully saturated rings. The van der Waals surface area contributed by atoms with Crippen LogP contribution in [0.2, 0.25) is 0 Å². The van der Waals surface area contributed by atoms with Crippen LogP contribution in [0.25, 0.3) is 0 Å². The number of hydrogen-bond donors (Lipinski definition) is 3. The van der Waals surface area contributed by atoms with E-state index < -0.39 is 29.4 Å². The zero-order chi connectivity index (χ0) is 39.0. The van der Waals surface area contributed by atoms with E-state index in [4.69, 9.17) is 15.2 Å². The van der Waals surface area contributed by atoms with Crippen molar-refractivity contribution in [2.75, 3.05) is 23.5 Å². The highest BCUT2D eigenvalue weighted by atomic mass is 16.6. The van der Waals surface area contributed by atoms with E-state index in [9.17, 15) is 19.6 Å². The van der Waals surface area contributed by atoms with E-state index >= 15 is 0 Å². The fourth-order valence-corrected chi connectivity index (χ4v) is 5.63. The molecule has 4 N–H and O–H groups in total. The molecule has 0 spiro atoms. The molecule has 4 aromatic rings. The molecule has 0 aliphatic carbocycles. The summed E-state index contributed by atoms with van der Waals surface area (Å²) >= 11 is 0. The zero-order valence-corrected chi connectivity index (χ0v) is 31.9. The average Bonchev–Trinajstić information content (AvgIpc) is 3.15. The van der Waals surface area contributed by atoms with E-state index in [0.717, 1.165) is 25.5 Å². The highest BCUT2D eigenvalue weighted by molar-refractivity contribution is 6.19. The molecule has 2 atom stereocenters. The Morgan fingerprint density at radius 3 is 2.08 bits per heavy atom. The van der Waals surface area contributed by atoms with Crippen LogP contribution in [0, 0.1) is 5.21 Å². The monoisotopic (exact) mass is 721 g/mol. The molecule has 0 aromatic heterocycles. The largest absolute Gasteiger partial charge is 0.596 e. The lowest BCUT2D eigenvalue weighted by Crippen LogP contribution is -2.57. The number of nitrogen functional groups attached to an aromatic ring is 1. The first-order chi connectivity index (χ1) is 25.1. The molecule has 11 nitrogen and oxygen atoms in total. The number of carbonyl (C=O) groups is 3. The molecule has 0 aliphatic rings. The molecule has 2 amide bonds. The molecular weight excluding hydrogens is 670 g/mol. The number of hydrogen-bond acceptors (Lipinski definition) is 8. The lowest BCUT2D eigenvalue weighted by molar-refractivity contribution is -0.619. The van der Waals surface area contributed by atoms with Crippen LogP contribution < -0.4 is 21.1 Å². The summed E-state index contributed by atoms with van der Waals surface area (Å²) in [7, 11) is 1.07. The van der Waals surface area contributed by atoms with Crippen molar-refractivity contribution in [1.29, 1.82) is 0 Å². The Morgan fingerprint density at radius 1 is 0.811 bits per heavy atom. The summed E-state index contributed by atoms with van der Waals surface area (Å²) in [5.74, 6) is -1.92. The van der Waals surface area contributed by atoms with Crippen molar-refractivity contribution < 1.29 is 28.7 Å². The van der Waals surface area contributed by atoms with Crippen molar-refractivity contribution in [2.24, 2.45) is 5.11 Å². The van der Waals surface area contributed by atoms with Crippen LogP contribution in [0.1, 0.15) is 89.2 Å². The predicted octanol–water partition coefficient (Wildman–Crippen LogP) is 8.90. The summed E-state index contributed by atoms with van der Waals surface area (Å²) in [6.07, 6.45) is 1.32. The Balaban J connectivity index is 1.68. The first-order valence-corrected chi connectivity index (χ1v) is 17.9. The summed E-state index contributed by atoms with van der Waals surface area (Å²) in [6, 6.07) is 26.7. The number of methoxy groups -OCH3 is 1. The molecule has 0 saturated carbocycles. The Morgan fingerprint density at radius 2 is 1.45 bits per heavy atom. The molecule has 0 saturated heterocycles. The highest BCUT2D eigenvalue weighted by Crippen LogP contribution is 2.39. The van der Waals surface area contributed by atoms with Crippen LogP contribution in [-0.4, -0.2) is 41.4 Å². The van der Waals surface area contributed by atoms with Crippen LogP contribution in [0.3, 0.4) is 0 Å². The summed E-state index contributed by atoms with van der Waals surface area (Å²) in [6.45, 7) is 14.9. The van der Waals surface area contributed by atoms with Gasteiger partial charge < -0.3 is 31.0 Å². The van der Waals surface area contributed by atoms with E-state index in [1.165, 1.54) is 35.9 Å². The number of para-hydroxylation sites is 2. The second kappa shape index (κ2) is 16.9. The second-order valence-electron chi connectivity index (χ2n) is 14.2. The zero-order valence-electron chi connectivity index (χ0n) is 31.9. The van der Waals surface area contributed by atoms with Crippen molar-refractivity contribution in [3.8, 4) is 5.75 Å². The van der Waals surface area contributed by atoms with E-state index in [2.05, 4.69) is 69.4 Å². The number of nitrogens with two attached hydrogens (primary N) is 1. The molecule has 0 heterocycles.